The summed E-state index contributed by atoms with van der Waals surface area (Å²) in [4.78, 5) is 7.42. The molecule has 2 aliphatic heterocycles. The van der Waals surface area contributed by atoms with Crippen LogP contribution in [0.25, 0.3) is 0 Å². The van der Waals surface area contributed by atoms with Gasteiger partial charge >= 0.3 is 0 Å². The molecule has 140 valence electrons. The molecule has 25 heavy (non-hydrogen) atoms. The molecule has 2 heterocycles. The number of para-hydroxylation sites is 1. The lowest BCUT2D eigenvalue weighted by atomic mass is 10.0. The van der Waals surface area contributed by atoms with Crippen molar-refractivity contribution in [3.63, 3.8) is 0 Å². The van der Waals surface area contributed by atoms with E-state index in [-0.39, 0.29) is 0 Å². The Bertz CT molecular complexity index is 516. The lowest BCUT2D eigenvalue weighted by Gasteiger charge is -2.35. The van der Waals surface area contributed by atoms with Crippen LogP contribution < -0.4 is 10.5 Å². The van der Waals surface area contributed by atoms with Gasteiger partial charge in [-0.25, -0.2) is 0 Å². The molecule has 5 heteroatoms. The van der Waals surface area contributed by atoms with Gasteiger partial charge in [-0.1, -0.05) is 24.6 Å². The molecule has 0 bridgehead atoms. The number of rotatable bonds is 7. The Morgan fingerprint density at radius 2 is 1.88 bits per heavy atom. The van der Waals surface area contributed by atoms with Crippen molar-refractivity contribution < 1.29 is 4.74 Å². The monoisotopic (exact) mass is 346 g/mol. The first-order chi connectivity index (χ1) is 12.3. The molecule has 0 aliphatic carbocycles. The second kappa shape index (κ2) is 9.53. The first kappa shape index (κ1) is 18.6. The predicted molar refractivity (Wildman–Crippen MR) is 103 cm³/mol. The van der Waals surface area contributed by atoms with E-state index in [1.54, 1.807) is 0 Å². The van der Waals surface area contributed by atoms with Crippen LogP contribution in [-0.4, -0.2) is 80.2 Å². The first-order valence-corrected chi connectivity index (χ1v) is 9.82. The molecule has 0 amide bonds. The average molecular weight is 347 g/mol. The second-order valence-corrected chi connectivity index (χ2v) is 7.46. The van der Waals surface area contributed by atoms with Crippen molar-refractivity contribution in [1.29, 1.82) is 0 Å². The number of nitrogens with zero attached hydrogens (tertiary/aromatic N) is 3. The highest BCUT2D eigenvalue weighted by Gasteiger charge is 2.22. The molecule has 3 rings (SSSR count). The van der Waals surface area contributed by atoms with Gasteiger partial charge in [-0.05, 0) is 32.5 Å². The van der Waals surface area contributed by atoms with E-state index in [0.717, 1.165) is 64.7 Å². The number of nitrogens with two attached hydrogens (primary N) is 1. The highest BCUT2D eigenvalue weighted by atomic mass is 16.5. The van der Waals surface area contributed by atoms with Crippen molar-refractivity contribution in [1.82, 2.24) is 14.7 Å². The zero-order valence-electron chi connectivity index (χ0n) is 15.7. The molecule has 1 atom stereocenters. The smallest absolute Gasteiger partial charge is 0.123 e. The van der Waals surface area contributed by atoms with Gasteiger partial charge in [0.05, 0.1) is 0 Å². The number of piperidine rings is 1. The number of benzene rings is 1. The fraction of sp³-hybridized carbons (Fsp3) is 0.700. The van der Waals surface area contributed by atoms with Crippen LogP contribution in [0.3, 0.4) is 0 Å². The highest BCUT2D eigenvalue weighted by Crippen LogP contribution is 2.24. The van der Waals surface area contributed by atoms with Crippen LogP contribution in [0.4, 0.5) is 0 Å². The van der Waals surface area contributed by atoms with Crippen LogP contribution >= 0.6 is 0 Å². The van der Waals surface area contributed by atoms with E-state index in [4.69, 9.17) is 10.5 Å². The van der Waals surface area contributed by atoms with Crippen LogP contribution in [0, 0.1) is 0 Å². The standard InChI is InChI=1S/C20H34N4O/c1-22-10-12-23(13-11-22)14-15-25-20-8-3-2-6-18(20)17-24-9-5-4-7-19(24)16-21/h2-3,6,8,19H,4-5,7,9-17,21H2,1H3/t19-/m0/s1. The summed E-state index contributed by atoms with van der Waals surface area (Å²) >= 11 is 0. The molecular weight excluding hydrogens is 312 g/mol. The van der Waals surface area contributed by atoms with Gasteiger partial charge in [-0.2, -0.15) is 0 Å². The summed E-state index contributed by atoms with van der Waals surface area (Å²) in [5.74, 6) is 1.04. The van der Waals surface area contributed by atoms with Crippen molar-refractivity contribution in [3.05, 3.63) is 29.8 Å². The van der Waals surface area contributed by atoms with E-state index < -0.39 is 0 Å². The highest BCUT2D eigenvalue weighted by molar-refractivity contribution is 5.33. The molecule has 2 aliphatic rings. The van der Waals surface area contributed by atoms with Gasteiger partial charge in [0.2, 0.25) is 0 Å². The van der Waals surface area contributed by atoms with E-state index in [0.29, 0.717) is 6.04 Å². The number of likely N-dealkylation sites (N-methyl/N-ethyl adjacent to an activating group) is 1. The summed E-state index contributed by atoms with van der Waals surface area (Å²) in [6.07, 6.45) is 3.81. The Hall–Kier alpha value is -1.14. The Kier molecular flexibility index (Phi) is 7.11. The third-order valence-corrected chi connectivity index (χ3v) is 5.63. The summed E-state index contributed by atoms with van der Waals surface area (Å²) in [5, 5.41) is 0. The minimum absolute atomic E-state index is 0.521. The topological polar surface area (TPSA) is 45.0 Å². The number of hydrogen-bond donors (Lipinski definition) is 1. The van der Waals surface area contributed by atoms with E-state index in [1.807, 2.05) is 0 Å². The van der Waals surface area contributed by atoms with Crippen molar-refractivity contribution in [2.75, 3.05) is 59.5 Å². The van der Waals surface area contributed by atoms with Crippen molar-refractivity contribution in [3.8, 4) is 5.75 Å². The molecule has 5 nitrogen and oxygen atoms in total. The van der Waals surface area contributed by atoms with Gasteiger partial charge in [0.25, 0.3) is 0 Å². The average Bonchev–Trinajstić information content (AvgIpc) is 2.65. The molecule has 2 N–H and O–H groups in total. The second-order valence-electron chi connectivity index (χ2n) is 7.46. The first-order valence-electron chi connectivity index (χ1n) is 9.82. The maximum Gasteiger partial charge on any atom is 0.123 e. The van der Waals surface area contributed by atoms with E-state index in [2.05, 4.69) is 46.0 Å². The number of ether oxygens (including phenoxy) is 1. The molecule has 0 unspecified atom stereocenters. The van der Waals surface area contributed by atoms with E-state index in [1.165, 1.54) is 24.8 Å². The number of piperazine rings is 1. The summed E-state index contributed by atoms with van der Waals surface area (Å²) in [7, 11) is 2.19. The Balaban J connectivity index is 1.52. The van der Waals surface area contributed by atoms with Gasteiger partial charge in [0.15, 0.2) is 0 Å². The van der Waals surface area contributed by atoms with Gasteiger partial charge < -0.3 is 15.4 Å². The van der Waals surface area contributed by atoms with E-state index in [9.17, 15) is 0 Å². The summed E-state index contributed by atoms with van der Waals surface area (Å²) < 4.78 is 6.16. The van der Waals surface area contributed by atoms with E-state index >= 15 is 0 Å². The molecule has 0 aromatic heterocycles. The zero-order valence-corrected chi connectivity index (χ0v) is 15.7. The molecule has 2 fully saturated rings. The largest absolute Gasteiger partial charge is 0.492 e. The molecule has 1 aromatic rings. The SMILES string of the molecule is CN1CCN(CCOc2ccccc2CN2CCCC[C@H]2CN)CC1. The van der Waals surface area contributed by atoms with Crippen LogP contribution in [0.15, 0.2) is 24.3 Å². The van der Waals surface area contributed by atoms with Crippen molar-refractivity contribution in [2.45, 2.75) is 31.8 Å². The lowest BCUT2D eigenvalue weighted by Crippen LogP contribution is -2.45. The summed E-state index contributed by atoms with van der Waals surface area (Å²) in [6.45, 7) is 9.24. The zero-order chi connectivity index (χ0) is 17.5. The van der Waals surface area contributed by atoms with Gasteiger partial charge in [0.1, 0.15) is 12.4 Å². The van der Waals surface area contributed by atoms with Crippen LogP contribution in [0.2, 0.25) is 0 Å². The fourth-order valence-electron chi connectivity index (χ4n) is 3.89. The molecule has 0 radical (unpaired) electrons. The van der Waals surface area contributed by atoms with Crippen LogP contribution in [-0.2, 0) is 6.54 Å². The van der Waals surface area contributed by atoms with Gasteiger partial charge in [-0.3, -0.25) is 9.80 Å². The summed E-state index contributed by atoms with van der Waals surface area (Å²) in [5.41, 5.74) is 7.27. The third kappa shape index (κ3) is 5.42. The molecule has 2 saturated heterocycles. The van der Waals surface area contributed by atoms with Crippen LogP contribution in [0.1, 0.15) is 24.8 Å². The lowest BCUT2D eigenvalue weighted by molar-refractivity contribution is 0.130. The molecule has 0 spiro atoms. The molecule has 1 aromatic carbocycles. The number of likely N-dealkylation sites (tertiary alicyclic amines) is 1. The third-order valence-electron chi connectivity index (χ3n) is 5.63. The Labute approximate surface area is 152 Å². The molecule has 0 saturated carbocycles. The quantitative estimate of drug-likeness (QED) is 0.813. The van der Waals surface area contributed by atoms with Crippen molar-refractivity contribution in [2.24, 2.45) is 5.73 Å². The normalized spacial score (nSPS) is 23.7. The fourth-order valence-corrected chi connectivity index (χ4v) is 3.89. The minimum atomic E-state index is 0.521. The summed E-state index contributed by atoms with van der Waals surface area (Å²) in [6, 6.07) is 9.02. The van der Waals surface area contributed by atoms with Gasteiger partial charge in [0, 0.05) is 57.4 Å². The maximum absolute atomic E-state index is 6.16. The van der Waals surface area contributed by atoms with Crippen LogP contribution in [0.5, 0.6) is 5.75 Å². The van der Waals surface area contributed by atoms with Gasteiger partial charge in [-0.15, -0.1) is 0 Å². The minimum Gasteiger partial charge on any atom is -0.492 e. The maximum atomic E-state index is 6.16. The molecular formula is C20H34N4O. The Morgan fingerprint density at radius 3 is 2.68 bits per heavy atom. The number of hydrogen-bond acceptors (Lipinski definition) is 5. The Morgan fingerprint density at radius 1 is 1.08 bits per heavy atom. The van der Waals surface area contributed by atoms with Crippen molar-refractivity contribution >= 4 is 0 Å². The predicted octanol–water partition coefficient (Wildman–Crippen LogP) is 1.63.